The third-order valence-electron chi connectivity index (χ3n) is 18.3. The normalized spacial score (nSPS) is 38.9. The van der Waals surface area contributed by atoms with Gasteiger partial charge in [-0.2, -0.15) is 0 Å². The SMILES string of the molecule is CC[C@H]1OC(=O)[C@H](C)[C@@H](C2C[C@@](C)(OC)[C@@H](O)[C@H](C)O2)[C@H](C)[C@@H](O[C@H]2C[C@@H](N(C)CCc3cn([C@H](CF)[C@H](C)c4ccc(S(=O)(=O)CC5CCOCC5)cc4)nn3)C[C@@H](C)O2)[C@](C)(O)C[C@@H](C)CN(C)[C@H](C)[C@@H](O)[C@]1(C)O. The van der Waals surface area contributed by atoms with Crippen molar-refractivity contribution < 1.29 is 66.5 Å². The first kappa shape index (κ1) is 63.5. The molecule has 4 saturated heterocycles. The number of aliphatic hydroxyl groups is 4. The van der Waals surface area contributed by atoms with E-state index in [4.69, 9.17) is 28.4 Å². The number of halogens is 1. The number of methoxy groups -OCH3 is 1. The largest absolute Gasteiger partial charge is 0.459 e. The molecule has 0 bridgehead atoms. The highest BCUT2D eigenvalue weighted by Gasteiger charge is 2.54. The van der Waals surface area contributed by atoms with Crippen molar-refractivity contribution in [2.24, 2.45) is 29.6 Å². The van der Waals surface area contributed by atoms with Gasteiger partial charge < -0.3 is 58.6 Å². The molecule has 20 heteroatoms. The van der Waals surface area contributed by atoms with Gasteiger partial charge in [0.2, 0.25) is 0 Å². The second-order valence-electron chi connectivity index (χ2n) is 24.5. The number of hydrogen-bond acceptors (Lipinski definition) is 17. The number of sulfone groups is 1. The summed E-state index contributed by atoms with van der Waals surface area (Å²) in [4.78, 5) is 19.1. The molecule has 0 amide bonds. The Kier molecular flexibility index (Phi) is 21.8. The van der Waals surface area contributed by atoms with Gasteiger partial charge in [-0.05, 0) is 123 Å². The van der Waals surface area contributed by atoms with Crippen LogP contribution in [0.25, 0.3) is 0 Å². The number of carbonyl (C=O) groups excluding carboxylic acids is 1. The number of hydrogen-bond donors (Lipinski definition) is 4. The standard InChI is InChI=1S/C57H96FN5O13S/c1-15-48-57(11,68)51(64)39(7)62(13)31-34(2)28-55(9,67)53(37(5)50(38(6)54(66)75-48)47-29-56(10,71-14)52(65)40(8)74-47)76-49-27-44(26-35(3)73-49)61(12)23-20-43-32-63(60-59-43)46(30-58)36(4)42-16-18-45(19-17-42)77(69,70)33-41-21-24-72-25-22-41/h16-19,32,34-41,44,46-53,64-65,67-68H,15,20-31,33H2,1-14H3/t34-,35-,36-,37+,38-,39-,40+,44+,46-,47?,48-,49+,50+,51-,52+,53-,55-,56-,57-/m1/s1. The average Bonchev–Trinajstić information content (AvgIpc) is 3.85. The first-order chi connectivity index (χ1) is 36.1. The molecule has 1 aromatic heterocycles. The lowest BCUT2D eigenvalue weighted by molar-refractivity contribution is -0.275. The van der Waals surface area contributed by atoms with Gasteiger partial charge in [0.15, 0.2) is 16.1 Å². The van der Waals surface area contributed by atoms with E-state index in [2.05, 4.69) is 15.2 Å². The lowest BCUT2D eigenvalue weighted by Gasteiger charge is -2.51. The maximum Gasteiger partial charge on any atom is 0.309 e. The van der Waals surface area contributed by atoms with Crippen LogP contribution in [0.3, 0.4) is 0 Å². The number of likely N-dealkylation sites (N-methyl/N-ethyl adjacent to an activating group) is 2. The van der Waals surface area contributed by atoms with Crippen LogP contribution < -0.4 is 0 Å². The zero-order valence-electron chi connectivity index (χ0n) is 48.6. The predicted molar refractivity (Wildman–Crippen MR) is 290 cm³/mol. The lowest BCUT2D eigenvalue weighted by atomic mass is 9.68. The molecule has 0 aliphatic carbocycles. The van der Waals surface area contributed by atoms with Gasteiger partial charge in [0, 0.05) is 82.8 Å². The van der Waals surface area contributed by atoms with E-state index < -0.39 is 112 Å². The second kappa shape index (κ2) is 26.5. The summed E-state index contributed by atoms with van der Waals surface area (Å²) in [7, 11) is 1.96. The zero-order chi connectivity index (χ0) is 56.9. The Labute approximate surface area is 458 Å². The van der Waals surface area contributed by atoms with E-state index in [0.29, 0.717) is 51.3 Å². The van der Waals surface area contributed by atoms with Gasteiger partial charge in [-0.3, -0.25) is 4.79 Å². The molecule has 4 aliphatic rings. The molecule has 0 saturated carbocycles. The van der Waals surface area contributed by atoms with Crippen molar-refractivity contribution in [1.82, 2.24) is 24.8 Å². The fourth-order valence-corrected chi connectivity index (χ4v) is 14.9. The molecule has 5 heterocycles. The van der Waals surface area contributed by atoms with Crippen LogP contribution in [0.15, 0.2) is 35.4 Å². The summed E-state index contributed by atoms with van der Waals surface area (Å²) in [5.74, 6) is -3.09. The van der Waals surface area contributed by atoms with Crippen molar-refractivity contribution in [1.29, 1.82) is 0 Å². The third kappa shape index (κ3) is 15.0. The van der Waals surface area contributed by atoms with E-state index in [1.54, 1.807) is 69.9 Å². The van der Waals surface area contributed by atoms with Crippen LogP contribution in [0.5, 0.6) is 0 Å². The Morgan fingerprint density at radius 3 is 2.26 bits per heavy atom. The Morgan fingerprint density at radius 1 is 0.974 bits per heavy atom. The van der Waals surface area contributed by atoms with Crippen LogP contribution in [0.2, 0.25) is 0 Å². The average molecular weight is 1110 g/mol. The van der Waals surface area contributed by atoms with Crippen LogP contribution in [0.4, 0.5) is 4.39 Å². The number of cyclic esters (lactones) is 1. The highest BCUT2D eigenvalue weighted by Crippen LogP contribution is 2.45. The van der Waals surface area contributed by atoms with Gasteiger partial charge >= 0.3 is 5.97 Å². The summed E-state index contributed by atoms with van der Waals surface area (Å²) in [5, 5.41) is 56.8. The van der Waals surface area contributed by atoms with Gasteiger partial charge in [-0.25, -0.2) is 17.5 Å². The molecule has 19 atom stereocenters. The Balaban J connectivity index is 1.21. The highest BCUT2D eigenvalue weighted by atomic mass is 32.2. The number of carbonyl (C=O) groups is 1. The number of ether oxygens (including phenoxy) is 6. The van der Waals surface area contributed by atoms with E-state index in [1.165, 1.54) is 6.92 Å². The minimum Gasteiger partial charge on any atom is -0.459 e. The fraction of sp³-hybridized carbons (Fsp3) is 0.842. The van der Waals surface area contributed by atoms with Crippen molar-refractivity contribution in [2.45, 2.75) is 222 Å². The number of esters is 1. The molecule has 2 aromatic rings. The van der Waals surface area contributed by atoms with Gasteiger partial charge in [0.25, 0.3) is 0 Å². The van der Waals surface area contributed by atoms with Gasteiger partial charge in [0.1, 0.15) is 30.6 Å². The summed E-state index contributed by atoms with van der Waals surface area (Å²) in [6.45, 7) is 21.7. The molecule has 4 aliphatic heterocycles. The van der Waals surface area contributed by atoms with E-state index in [9.17, 15) is 38.0 Å². The molecule has 4 N–H and O–H groups in total. The smallest absolute Gasteiger partial charge is 0.309 e. The quantitative estimate of drug-likeness (QED) is 0.143. The molecule has 0 spiro atoms. The van der Waals surface area contributed by atoms with Gasteiger partial charge in [-0.15, -0.1) is 5.10 Å². The lowest BCUT2D eigenvalue weighted by Crippen LogP contribution is -2.61. The summed E-state index contributed by atoms with van der Waals surface area (Å²) in [5.41, 5.74) is -2.86. The highest BCUT2D eigenvalue weighted by molar-refractivity contribution is 7.91. The van der Waals surface area contributed by atoms with E-state index in [-0.39, 0.29) is 59.8 Å². The third-order valence-corrected chi connectivity index (χ3v) is 20.2. The van der Waals surface area contributed by atoms with Crippen molar-refractivity contribution in [3.63, 3.8) is 0 Å². The fourth-order valence-electron chi connectivity index (χ4n) is 13.2. The van der Waals surface area contributed by atoms with Crippen molar-refractivity contribution in [2.75, 3.05) is 59.9 Å². The topological polar surface area (TPSA) is 225 Å². The van der Waals surface area contributed by atoms with Gasteiger partial charge in [-0.1, -0.05) is 52.0 Å². The number of rotatable bonds is 16. The van der Waals surface area contributed by atoms with Crippen LogP contribution in [0.1, 0.15) is 144 Å². The Bertz CT molecular complexity index is 2290. The first-order valence-electron chi connectivity index (χ1n) is 28.4. The number of alkyl halides is 1. The minimum atomic E-state index is -3.48. The van der Waals surface area contributed by atoms with Crippen molar-refractivity contribution >= 4 is 15.8 Å². The van der Waals surface area contributed by atoms with Crippen molar-refractivity contribution in [3.05, 3.63) is 41.7 Å². The molecule has 1 aromatic carbocycles. The molecule has 440 valence electrons. The first-order valence-corrected chi connectivity index (χ1v) is 30.0. The van der Waals surface area contributed by atoms with Gasteiger partial charge in [0.05, 0.1) is 63.9 Å². The summed E-state index contributed by atoms with van der Waals surface area (Å²) in [6.07, 6.45) is -0.964. The second-order valence-corrected chi connectivity index (χ2v) is 26.6. The monoisotopic (exact) mass is 1110 g/mol. The molecule has 1 unspecified atom stereocenters. The maximum atomic E-state index is 14.9. The molecule has 77 heavy (non-hydrogen) atoms. The Hall–Kier alpha value is -2.73. The van der Waals surface area contributed by atoms with E-state index in [1.807, 2.05) is 60.5 Å². The summed E-state index contributed by atoms with van der Waals surface area (Å²) in [6, 6.07) is 5.54. The number of benzene rings is 1. The molecular weight excluding hydrogens is 1010 g/mol. The van der Waals surface area contributed by atoms with Crippen LogP contribution in [-0.4, -0.2) is 197 Å². The predicted octanol–water partition coefficient (Wildman–Crippen LogP) is 5.92. The Morgan fingerprint density at radius 2 is 1.64 bits per heavy atom. The molecule has 4 fully saturated rings. The molecule has 6 rings (SSSR count). The van der Waals surface area contributed by atoms with E-state index >= 15 is 0 Å². The number of aliphatic hydroxyl groups excluding tert-OH is 2. The maximum absolute atomic E-state index is 14.9. The number of nitrogens with zero attached hydrogens (tertiary/aromatic N) is 5. The summed E-state index contributed by atoms with van der Waals surface area (Å²) < 4.78 is 80.9. The van der Waals surface area contributed by atoms with Crippen molar-refractivity contribution in [3.8, 4) is 0 Å². The number of aromatic nitrogens is 3. The minimum absolute atomic E-state index is 0.0150. The van der Waals surface area contributed by atoms with Crippen LogP contribution in [0, 0.1) is 29.6 Å². The summed E-state index contributed by atoms with van der Waals surface area (Å²) >= 11 is 0. The molecule has 0 radical (unpaired) electrons. The zero-order valence-corrected chi connectivity index (χ0v) is 49.4. The van der Waals surface area contributed by atoms with E-state index in [0.717, 1.165) is 18.4 Å². The molecule has 18 nitrogen and oxygen atoms in total. The van der Waals surface area contributed by atoms with Crippen LogP contribution >= 0.6 is 0 Å². The molecular formula is C57H96FN5O13S. The van der Waals surface area contributed by atoms with Crippen LogP contribution in [-0.2, 0) is 49.5 Å².